The maximum Gasteiger partial charge on any atom is 0.244 e. The van der Waals surface area contributed by atoms with Crippen molar-refractivity contribution in [3.63, 3.8) is 0 Å². The molecule has 0 saturated carbocycles. The number of nitrogens with one attached hydrogen (secondary N) is 1. The highest BCUT2D eigenvalue weighted by Crippen LogP contribution is 2.20. The summed E-state index contributed by atoms with van der Waals surface area (Å²) < 4.78 is 26.3. The van der Waals surface area contributed by atoms with E-state index in [1.165, 1.54) is 6.20 Å². The third kappa shape index (κ3) is 3.45. The van der Waals surface area contributed by atoms with Crippen LogP contribution < -0.4 is 5.32 Å². The Morgan fingerprint density at radius 2 is 2.00 bits per heavy atom. The highest BCUT2D eigenvalue weighted by Gasteiger charge is 2.25. The molecule has 0 spiro atoms. The Labute approximate surface area is 115 Å². The number of pyridine rings is 1. The van der Waals surface area contributed by atoms with Crippen LogP contribution in [-0.4, -0.2) is 37.3 Å². The van der Waals surface area contributed by atoms with E-state index in [-0.39, 0.29) is 4.90 Å². The van der Waals surface area contributed by atoms with Gasteiger partial charge in [-0.25, -0.2) is 13.4 Å². The average Bonchev–Trinajstić information content (AvgIpc) is 2.46. The highest BCUT2D eigenvalue weighted by molar-refractivity contribution is 7.89. The average molecular weight is 283 g/mol. The lowest BCUT2D eigenvalue weighted by Crippen LogP contribution is -2.35. The third-order valence-electron chi connectivity index (χ3n) is 3.25. The standard InChI is InChI=1S/C13H21N3O2S/c1-2-8-14-13-7-6-12(11-15-13)19(17,18)16-9-4-3-5-10-16/h6-7,11H,2-5,8-10H2,1H3,(H,14,15). The van der Waals surface area contributed by atoms with E-state index < -0.39 is 10.0 Å². The molecule has 2 heterocycles. The molecule has 1 aliphatic rings. The Morgan fingerprint density at radius 1 is 1.26 bits per heavy atom. The number of nitrogens with zero attached hydrogens (tertiary/aromatic N) is 2. The van der Waals surface area contributed by atoms with Gasteiger partial charge in [0.25, 0.3) is 0 Å². The molecule has 1 aromatic heterocycles. The molecule has 1 aliphatic heterocycles. The van der Waals surface area contributed by atoms with Crippen LogP contribution in [0.2, 0.25) is 0 Å². The number of rotatable bonds is 5. The summed E-state index contributed by atoms with van der Waals surface area (Å²) in [7, 11) is -3.36. The molecule has 0 atom stereocenters. The van der Waals surface area contributed by atoms with Crippen molar-refractivity contribution < 1.29 is 8.42 Å². The molecule has 0 amide bonds. The van der Waals surface area contributed by atoms with Gasteiger partial charge >= 0.3 is 0 Å². The summed E-state index contributed by atoms with van der Waals surface area (Å²) in [6, 6.07) is 3.36. The smallest absolute Gasteiger partial charge is 0.244 e. The summed E-state index contributed by atoms with van der Waals surface area (Å²) in [5.41, 5.74) is 0. The molecule has 106 valence electrons. The second kappa shape index (κ2) is 6.34. The zero-order chi connectivity index (χ0) is 13.7. The van der Waals surface area contributed by atoms with Gasteiger partial charge in [-0.05, 0) is 31.4 Å². The van der Waals surface area contributed by atoms with E-state index in [4.69, 9.17) is 0 Å². The molecule has 0 unspecified atom stereocenters. The van der Waals surface area contributed by atoms with Gasteiger partial charge in [-0.15, -0.1) is 0 Å². The quantitative estimate of drug-likeness (QED) is 0.898. The zero-order valence-electron chi connectivity index (χ0n) is 11.3. The van der Waals surface area contributed by atoms with Crippen molar-refractivity contribution in [3.8, 4) is 0 Å². The fourth-order valence-electron chi connectivity index (χ4n) is 2.14. The second-order valence-corrected chi connectivity index (χ2v) is 6.71. The molecular formula is C13H21N3O2S. The number of piperidine rings is 1. The second-order valence-electron chi connectivity index (χ2n) is 4.77. The Hall–Kier alpha value is -1.14. The summed E-state index contributed by atoms with van der Waals surface area (Å²) in [6.07, 6.45) is 5.47. The summed E-state index contributed by atoms with van der Waals surface area (Å²) >= 11 is 0. The maximum atomic E-state index is 12.4. The fraction of sp³-hybridized carbons (Fsp3) is 0.615. The van der Waals surface area contributed by atoms with Crippen molar-refractivity contribution in [1.82, 2.24) is 9.29 Å². The number of aromatic nitrogens is 1. The molecule has 1 N–H and O–H groups in total. The van der Waals surface area contributed by atoms with E-state index in [0.717, 1.165) is 38.0 Å². The molecule has 1 aromatic rings. The monoisotopic (exact) mass is 283 g/mol. The van der Waals surface area contributed by atoms with Crippen LogP contribution in [0.25, 0.3) is 0 Å². The van der Waals surface area contributed by atoms with Crippen LogP contribution in [0.1, 0.15) is 32.6 Å². The third-order valence-corrected chi connectivity index (χ3v) is 5.13. The normalized spacial score (nSPS) is 17.3. The molecule has 0 aliphatic carbocycles. The van der Waals surface area contributed by atoms with Crippen LogP contribution in [0, 0.1) is 0 Å². The van der Waals surface area contributed by atoms with Gasteiger partial charge in [0.15, 0.2) is 0 Å². The van der Waals surface area contributed by atoms with Gasteiger partial charge in [0.1, 0.15) is 10.7 Å². The Balaban J connectivity index is 2.11. The van der Waals surface area contributed by atoms with Gasteiger partial charge in [0.05, 0.1) is 0 Å². The van der Waals surface area contributed by atoms with Crippen molar-refractivity contribution in [1.29, 1.82) is 0 Å². The summed E-state index contributed by atoms with van der Waals surface area (Å²) in [4.78, 5) is 4.45. The Bertz CT molecular complexity index is 493. The zero-order valence-corrected chi connectivity index (χ0v) is 12.1. The van der Waals surface area contributed by atoms with Crippen molar-refractivity contribution in [2.24, 2.45) is 0 Å². The predicted octanol–water partition coefficient (Wildman–Crippen LogP) is 2.08. The minimum absolute atomic E-state index is 0.288. The molecule has 0 aromatic carbocycles. The molecule has 19 heavy (non-hydrogen) atoms. The molecule has 0 bridgehead atoms. The first-order valence-corrected chi connectivity index (χ1v) is 8.28. The maximum absolute atomic E-state index is 12.4. The van der Waals surface area contributed by atoms with E-state index in [0.29, 0.717) is 13.1 Å². The first-order chi connectivity index (χ1) is 9.14. The number of sulfonamides is 1. The lowest BCUT2D eigenvalue weighted by molar-refractivity contribution is 0.346. The van der Waals surface area contributed by atoms with Crippen LogP contribution in [0.5, 0.6) is 0 Å². The minimum Gasteiger partial charge on any atom is -0.370 e. The lowest BCUT2D eigenvalue weighted by Gasteiger charge is -2.25. The molecule has 2 rings (SSSR count). The lowest BCUT2D eigenvalue weighted by atomic mass is 10.2. The summed E-state index contributed by atoms with van der Waals surface area (Å²) in [6.45, 7) is 4.16. The first kappa shape index (κ1) is 14.3. The number of hydrogen-bond donors (Lipinski definition) is 1. The molecular weight excluding hydrogens is 262 g/mol. The van der Waals surface area contributed by atoms with E-state index in [1.807, 2.05) is 0 Å². The molecule has 5 nitrogen and oxygen atoms in total. The molecule has 6 heteroatoms. The summed E-state index contributed by atoms with van der Waals surface area (Å²) in [5.74, 6) is 0.722. The fourth-order valence-corrected chi connectivity index (χ4v) is 3.61. The van der Waals surface area contributed by atoms with Crippen molar-refractivity contribution >= 4 is 15.8 Å². The van der Waals surface area contributed by atoms with Gasteiger partial charge in [0, 0.05) is 25.8 Å². The van der Waals surface area contributed by atoms with Crippen molar-refractivity contribution in [3.05, 3.63) is 18.3 Å². The largest absolute Gasteiger partial charge is 0.370 e. The van der Waals surface area contributed by atoms with Gasteiger partial charge in [-0.1, -0.05) is 13.3 Å². The van der Waals surface area contributed by atoms with E-state index in [2.05, 4.69) is 17.2 Å². The van der Waals surface area contributed by atoms with Crippen LogP contribution in [0.15, 0.2) is 23.2 Å². The predicted molar refractivity (Wildman–Crippen MR) is 75.6 cm³/mol. The first-order valence-electron chi connectivity index (χ1n) is 6.84. The molecule has 1 saturated heterocycles. The molecule has 0 radical (unpaired) electrons. The van der Waals surface area contributed by atoms with Crippen LogP contribution >= 0.6 is 0 Å². The van der Waals surface area contributed by atoms with E-state index >= 15 is 0 Å². The summed E-state index contributed by atoms with van der Waals surface area (Å²) in [5, 5.41) is 3.13. The SMILES string of the molecule is CCCNc1ccc(S(=O)(=O)N2CCCCC2)cn1. The van der Waals surface area contributed by atoms with Crippen molar-refractivity contribution in [2.45, 2.75) is 37.5 Å². The van der Waals surface area contributed by atoms with Crippen molar-refractivity contribution in [2.75, 3.05) is 25.0 Å². The van der Waals surface area contributed by atoms with Gasteiger partial charge < -0.3 is 5.32 Å². The molecule has 1 fully saturated rings. The van der Waals surface area contributed by atoms with Gasteiger partial charge in [0.2, 0.25) is 10.0 Å². The topological polar surface area (TPSA) is 62.3 Å². The van der Waals surface area contributed by atoms with Gasteiger partial charge in [-0.3, -0.25) is 0 Å². The van der Waals surface area contributed by atoms with E-state index in [1.54, 1.807) is 16.4 Å². The minimum atomic E-state index is -3.36. The van der Waals surface area contributed by atoms with E-state index in [9.17, 15) is 8.42 Å². The Morgan fingerprint density at radius 3 is 2.58 bits per heavy atom. The van der Waals surface area contributed by atoms with Gasteiger partial charge in [-0.2, -0.15) is 4.31 Å². The number of hydrogen-bond acceptors (Lipinski definition) is 4. The van der Waals surface area contributed by atoms with Crippen LogP contribution in [0.3, 0.4) is 0 Å². The van der Waals surface area contributed by atoms with Crippen LogP contribution in [0.4, 0.5) is 5.82 Å². The highest BCUT2D eigenvalue weighted by atomic mass is 32.2. The van der Waals surface area contributed by atoms with Crippen LogP contribution in [-0.2, 0) is 10.0 Å². The number of anilines is 1. The Kier molecular flexibility index (Phi) is 4.76.